The summed E-state index contributed by atoms with van der Waals surface area (Å²) in [6.07, 6.45) is 0. The van der Waals surface area contributed by atoms with Crippen LogP contribution in [0.2, 0.25) is 0 Å². The number of hydrogen-bond donors (Lipinski definition) is 0. The number of rotatable bonds is 0. The molecule has 0 atom stereocenters. The molecular formula is C27H14BNS. The average Bonchev–Trinajstić information content (AvgIpc) is 2.81. The monoisotopic (exact) mass is 395 g/mol. The summed E-state index contributed by atoms with van der Waals surface area (Å²) < 4.78 is 0. The van der Waals surface area contributed by atoms with Crippen molar-refractivity contribution in [2.24, 2.45) is 0 Å². The molecule has 3 heteroatoms. The van der Waals surface area contributed by atoms with Crippen LogP contribution in [0.1, 0.15) is 5.56 Å². The maximum atomic E-state index is 9.70. The van der Waals surface area contributed by atoms with Crippen LogP contribution in [0.4, 0.5) is 0 Å². The van der Waals surface area contributed by atoms with Crippen molar-refractivity contribution < 1.29 is 0 Å². The van der Waals surface area contributed by atoms with Crippen LogP contribution in [-0.2, 0) is 0 Å². The molecule has 5 aromatic carbocycles. The average molecular weight is 395 g/mol. The Morgan fingerprint density at radius 1 is 0.700 bits per heavy atom. The van der Waals surface area contributed by atoms with Crippen molar-refractivity contribution in [2.45, 2.75) is 9.79 Å². The van der Waals surface area contributed by atoms with E-state index in [1.807, 2.05) is 17.8 Å². The van der Waals surface area contributed by atoms with E-state index in [9.17, 15) is 5.26 Å². The highest BCUT2D eigenvalue weighted by Crippen LogP contribution is 2.40. The van der Waals surface area contributed by atoms with Crippen LogP contribution < -0.4 is 16.4 Å². The van der Waals surface area contributed by atoms with Crippen molar-refractivity contribution >= 4 is 56.4 Å². The fraction of sp³-hybridized carbons (Fsp3) is 0. The van der Waals surface area contributed by atoms with E-state index in [1.54, 1.807) is 0 Å². The summed E-state index contributed by atoms with van der Waals surface area (Å²) in [5.74, 6) is 0. The van der Waals surface area contributed by atoms with Crippen LogP contribution in [0.15, 0.2) is 94.7 Å². The van der Waals surface area contributed by atoms with E-state index in [1.165, 1.54) is 53.5 Å². The first-order valence-electron chi connectivity index (χ1n) is 10.1. The van der Waals surface area contributed by atoms with Crippen molar-refractivity contribution in [1.29, 1.82) is 5.26 Å². The molecule has 7 rings (SSSR count). The van der Waals surface area contributed by atoms with Crippen LogP contribution in [0.3, 0.4) is 0 Å². The zero-order valence-corrected chi connectivity index (χ0v) is 16.8. The molecule has 0 amide bonds. The predicted molar refractivity (Wildman–Crippen MR) is 127 cm³/mol. The third-order valence-electron chi connectivity index (χ3n) is 6.58. The summed E-state index contributed by atoms with van der Waals surface area (Å²) in [7, 11) is 0. The van der Waals surface area contributed by atoms with E-state index in [-0.39, 0.29) is 6.71 Å². The molecule has 0 saturated heterocycles. The minimum absolute atomic E-state index is 0.196. The highest BCUT2D eigenvalue weighted by atomic mass is 32.2. The first-order chi connectivity index (χ1) is 14.8. The lowest BCUT2D eigenvalue weighted by Crippen LogP contribution is -2.57. The minimum Gasteiger partial charge on any atom is -0.192 e. The molecule has 136 valence electrons. The Labute approximate surface area is 179 Å². The van der Waals surface area contributed by atoms with Crippen molar-refractivity contribution in [2.75, 3.05) is 0 Å². The Bertz CT molecular complexity index is 1590. The Morgan fingerprint density at radius 3 is 2.50 bits per heavy atom. The second-order valence-corrected chi connectivity index (χ2v) is 9.05. The van der Waals surface area contributed by atoms with Crippen molar-refractivity contribution in [3.05, 3.63) is 90.5 Å². The molecule has 0 aromatic heterocycles. The summed E-state index contributed by atoms with van der Waals surface area (Å²) in [5.41, 5.74) is 7.40. The second kappa shape index (κ2) is 5.78. The lowest BCUT2D eigenvalue weighted by atomic mass is 9.33. The van der Waals surface area contributed by atoms with Gasteiger partial charge in [-0.15, -0.1) is 0 Å². The van der Waals surface area contributed by atoms with Gasteiger partial charge in [-0.1, -0.05) is 95.5 Å². The van der Waals surface area contributed by atoms with Gasteiger partial charge in [0.05, 0.1) is 11.6 Å². The lowest BCUT2D eigenvalue weighted by molar-refractivity contribution is 1.45. The Kier molecular flexibility index (Phi) is 3.15. The Hall–Kier alpha value is -3.48. The molecule has 0 fully saturated rings. The quantitative estimate of drug-likeness (QED) is 0.344. The van der Waals surface area contributed by atoms with Gasteiger partial charge in [-0.25, -0.2) is 0 Å². The molecule has 2 heterocycles. The highest BCUT2D eigenvalue weighted by Gasteiger charge is 2.38. The summed E-state index contributed by atoms with van der Waals surface area (Å²) >= 11 is 1.90. The van der Waals surface area contributed by atoms with Gasteiger partial charge in [-0.2, -0.15) is 5.26 Å². The molecular weight excluding hydrogens is 381 g/mol. The van der Waals surface area contributed by atoms with Gasteiger partial charge >= 0.3 is 0 Å². The van der Waals surface area contributed by atoms with Gasteiger partial charge in [-0.3, -0.25) is 0 Å². The van der Waals surface area contributed by atoms with Gasteiger partial charge in [0, 0.05) is 9.79 Å². The standard InChI is InChI=1S/C27H14BNS/c29-15-17-11-13-20-21-8-4-10-24-26(21)28(22-9-3-7-18(17)25(20)22)23-14-12-16-5-1-2-6-19(16)27(23)30-24/h1-14H. The molecule has 0 N–H and O–H groups in total. The van der Waals surface area contributed by atoms with Crippen LogP contribution in [-0.4, -0.2) is 6.71 Å². The summed E-state index contributed by atoms with van der Waals surface area (Å²) in [5, 5.41) is 14.6. The van der Waals surface area contributed by atoms with Crippen LogP contribution in [0.5, 0.6) is 0 Å². The molecule has 30 heavy (non-hydrogen) atoms. The van der Waals surface area contributed by atoms with Crippen LogP contribution >= 0.6 is 11.8 Å². The van der Waals surface area contributed by atoms with Gasteiger partial charge in [0.2, 0.25) is 6.71 Å². The molecule has 0 bridgehead atoms. The lowest BCUT2D eigenvalue weighted by Gasteiger charge is -2.34. The smallest absolute Gasteiger partial charge is 0.192 e. The third-order valence-corrected chi connectivity index (χ3v) is 7.82. The molecule has 0 saturated carbocycles. The number of benzene rings is 5. The molecule has 0 radical (unpaired) electrons. The first-order valence-corrected chi connectivity index (χ1v) is 11.0. The molecule has 1 nitrogen and oxygen atoms in total. The second-order valence-electron chi connectivity index (χ2n) is 8.00. The van der Waals surface area contributed by atoms with Crippen LogP contribution in [0, 0.1) is 11.3 Å². The number of nitriles is 1. The number of fused-ring (bicyclic) bond motifs is 6. The SMILES string of the molecule is N#Cc1ccc2c3c(cccc13)B1c3ccc4ccccc4c3Sc3cccc-2c31. The number of nitrogens with zero attached hydrogens (tertiary/aromatic N) is 1. The molecule has 0 aliphatic carbocycles. The van der Waals surface area contributed by atoms with Gasteiger partial charge in [-0.05, 0) is 50.3 Å². The van der Waals surface area contributed by atoms with E-state index in [0.717, 1.165) is 10.9 Å². The van der Waals surface area contributed by atoms with E-state index in [0.29, 0.717) is 0 Å². The molecule has 2 aliphatic rings. The maximum Gasteiger partial charge on any atom is 0.245 e. The maximum absolute atomic E-state index is 9.70. The molecule has 0 unspecified atom stereocenters. The summed E-state index contributed by atoms with van der Waals surface area (Å²) in [6, 6.07) is 32.9. The van der Waals surface area contributed by atoms with Gasteiger partial charge < -0.3 is 0 Å². The molecule has 5 aromatic rings. The molecule has 0 spiro atoms. The predicted octanol–water partition coefficient (Wildman–Crippen LogP) is 4.83. The minimum atomic E-state index is 0.196. The highest BCUT2D eigenvalue weighted by molar-refractivity contribution is 8.00. The van der Waals surface area contributed by atoms with Crippen molar-refractivity contribution in [1.82, 2.24) is 0 Å². The zero-order valence-electron chi connectivity index (χ0n) is 16.0. The normalized spacial score (nSPS) is 13.1. The fourth-order valence-electron chi connectivity index (χ4n) is 5.35. The fourth-order valence-corrected chi connectivity index (χ4v) is 6.66. The van der Waals surface area contributed by atoms with E-state index in [4.69, 9.17) is 0 Å². The van der Waals surface area contributed by atoms with E-state index >= 15 is 0 Å². The zero-order chi connectivity index (χ0) is 19.8. The first kappa shape index (κ1) is 16.3. The van der Waals surface area contributed by atoms with Crippen LogP contribution in [0.25, 0.3) is 32.7 Å². The van der Waals surface area contributed by atoms with Crippen molar-refractivity contribution in [3.63, 3.8) is 0 Å². The largest absolute Gasteiger partial charge is 0.245 e. The van der Waals surface area contributed by atoms with Gasteiger partial charge in [0.15, 0.2) is 0 Å². The summed E-state index contributed by atoms with van der Waals surface area (Å²) in [4.78, 5) is 2.70. The van der Waals surface area contributed by atoms with E-state index < -0.39 is 0 Å². The van der Waals surface area contributed by atoms with Crippen molar-refractivity contribution in [3.8, 4) is 17.2 Å². The van der Waals surface area contributed by atoms with Gasteiger partial charge in [0.1, 0.15) is 0 Å². The third kappa shape index (κ3) is 1.95. The van der Waals surface area contributed by atoms with Gasteiger partial charge in [0.25, 0.3) is 0 Å². The van der Waals surface area contributed by atoms with E-state index in [2.05, 4.69) is 84.9 Å². The molecule has 2 aliphatic heterocycles. The Morgan fingerprint density at radius 2 is 1.57 bits per heavy atom. The summed E-state index contributed by atoms with van der Waals surface area (Å²) in [6.45, 7) is 0.196. The Balaban J connectivity index is 1.67. The number of hydrogen-bond acceptors (Lipinski definition) is 2. The topological polar surface area (TPSA) is 23.8 Å².